The maximum absolute atomic E-state index is 12.5. The Morgan fingerprint density at radius 3 is 2.68 bits per heavy atom. The molecule has 1 saturated heterocycles. The highest BCUT2D eigenvalue weighted by Gasteiger charge is 2.30. The molecule has 1 aliphatic rings. The van der Waals surface area contributed by atoms with Crippen molar-refractivity contribution in [3.63, 3.8) is 0 Å². The number of piperidine rings is 1. The van der Waals surface area contributed by atoms with Crippen LogP contribution in [0.1, 0.15) is 49.0 Å². The van der Waals surface area contributed by atoms with Crippen LogP contribution in [0.15, 0.2) is 18.2 Å². The molecule has 25 heavy (non-hydrogen) atoms. The first kappa shape index (κ1) is 19.0. The van der Waals surface area contributed by atoms with Gasteiger partial charge in [-0.1, -0.05) is 13.8 Å². The second-order valence-electron chi connectivity index (χ2n) is 6.76. The summed E-state index contributed by atoms with van der Waals surface area (Å²) < 4.78 is 0. The maximum Gasteiger partial charge on any atom is 0.335 e. The van der Waals surface area contributed by atoms with Gasteiger partial charge in [0, 0.05) is 24.7 Å². The van der Waals surface area contributed by atoms with Gasteiger partial charge in [-0.05, 0) is 49.9 Å². The van der Waals surface area contributed by atoms with Gasteiger partial charge in [0.2, 0.25) is 11.8 Å². The van der Waals surface area contributed by atoms with Crippen molar-refractivity contribution in [3.05, 3.63) is 29.3 Å². The van der Waals surface area contributed by atoms with Crippen LogP contribution < -0.4 is 5.32 Å². The summed E-state index contributed by atoms with van der Waals surface area (Å²) in [7, 11) is 0. The molecule has 0 aromatic heterocycles. The number of nitrogens with zero attached hydrogens (tertiary/aromatic N) is 1. The van der Waals surface area contributed by atoms with Crippen LogP contribution in [0.4, 0.5) is 5.69 Å². The fraction of sp³-hybridized carbons (Fsp3) is 0.526. The van der Waals surface area contributed by atoms with Crippen molar-refractivity contribution in [2.45, 2.75) is 40.0 Å². The molecule has 2 N–H and O–H groups in total. The normalized spacial score (nSPS) is 18.5. The molecule has 1 aliphatic heterocycles. The number of hydrogen-bond donors (Lipinski definition) is 2. The topological polar surface area (TPSA) is 86.7 Å². The monoisotopic (exact) mass is 346 g/mol. The molecule has 0 saturated carbocycles. The Morgan fingerprint density at radius 1 is 1.36 bits per heavy atom. The minimum absolute atomic E-state index is 0.0203. The Labute approximate surface area is 148 Å². The molecule has 1 aromatic rings. The van der Waals surface area contributed by atoms with Gasteiger partial charge in [-0.2, -0.15) is 0 Å². The first-order valence-corrected chi connectivity index (χ1v) is 8.77. The van der Waals surface area contributed by atoms with E-state index in [2.05, 4.69) is 5.32 Å². The zero-order chi connectivity index (χ0) is 18.6. The van der Waals surface area contributed by atoms with E-state index in [0.717, 1.165) is 19.3 Å². The molecule has 0 spiro atoms. The van der Waals surface area contributed by atoms with Gasteiger partial charge in [-0.15, -0.1) is 0 Å². The van der Waals surface area contributed by atoms with Crippen molar-refractivity contribution in [2.75, 3.05) is 18.4 Å². The molecule has 0 bridgehead atoms. The van der Waals surface area contributed by atoms with Gasteiger partial charge in [0.1, 0.15) is 0 Å². The fourth-order valence-electron chi connectivity index (χ4n) is 3.10. The molecule has 2 amide bonds. The lowest BCUT2D eigenvalue weighted by Crippen LogP contribution is -2.45. The van der Waals surface area contributed by atoms with Gasteiger partial charge >= 0.3 is 5.97 Å². The van der Waals surface area contributed by atoms with Crippen molar-refractivity contribution >= 4 is 23.5 Å². The number of nitrogens with one attached hydrogen (secondary N) is 1. The summed E-state index contributed by atoms with van der Waals surface area (Å²) in [6.07, 6.45) is 2.36. The molecular weight excluding hydrogens is 320 g/mol. The lowest BCUT2D eigenvalue weighted by molar-refractivity contribution is -0.138. The largest absolute Gasteiger partial charge is 0.478 e. The molecule has 2 atom stereocenters. The quantitative estimate of drug-likeness (QED) is 0.858. The third-order valence-electron chi connectivity index (χ3n) is 4.86. The smallest absolute Gasteiger partial charge is 0.335 e. The van der Waals surface area contributed by atoms with Crippen LogP contribution >= 0.6 is 0 Å². The first-order valence-electron chi connectivity index (χ1n) is 8.77. The van der Waals surface area contributed by atoms with Gasteiger partial charge in [0.05, 0.1) is 11.5 Å². The molecule has 1 fully saturated rings. The highest BCUT2D eigenvalue weighted by Crippen LogP contribution is 2.22. The summed E-state index contributed by atoms with van der Waals surface area (Å²) in [5.41, 5.74) is 1.40. The molecule has 6 heteroatoms. The average molecular weight is 346 g/mol. The average Bonchev–Trinajstić information content (AvgIpc) is 2.60. The Morgan fingerprint density at radius 2 is 2.08 bits per heavy atom. The van der Waals surface area contributed by atoms with Crippen LogP contribution in [0.3, 0.4) is 0 Å². The zero-order valence-corrected chi connectivity index (χ0v) is 15.0. The van der Waals surface area contributed by atoms with Crippen molar-refractivity contribution in [1.82, 2.24) is 4.90 Å². The van der Waals surface area contributed by atoms with Crippen LogP contribution in [0.25, 0.3) is 0 Å². The Balaban J connectivity index is 2.02. The summed E-state index contributed by atoms with van der Waals surface area (Å²) in [4.78, 5) is 37.7. The van der Waals surface area contributed by atoms with Crippen LogP contribution in [0.5, 0.6) is 0 Å². The minimum atomic E-state index is -0.984. The summed E-state index contributed by atoms with van der Waals surface area (Å²) in [6.45, 7) is 6.76. The van der Waals surface area contributed by atoms with Crippen LogP contribution in [0.2, 0.25) is 0 Å². The number of carbonyl (C=O) groups is 3. The Hall–Kier alpha value is -2.37. The zero-order valence-electron chi connectivity index (χ0n) is 15.0. The number of rotatable bonds is 5. The second-order valence-corrected chi connectivity index (χ2v) is 6.76. The Kier molecular flexibility index (Phi) is 6.17. The number of carboxylic acid groups (broad SMARTS) is 1. The molecule has 1 heterocycles. The summed E-state index contributed by atoms with van der Waals surface area (Å²) >= 11 is 0. The molecule has 2 unspecified atom stereocenters. The number of likely N-dealkylation sites (tertiary alicyclic amines) is 1. The Bertz CT molecular complexity index is 671. The summed E-state index contributed by atoms with van der Waals surface area (Å²) in [6, 6.07) is 4.75. The molecule has 136 valence electrons. The summed E-state index contributed by atoms with van der Waals surface area (Å²) in [5.74, 6) is -1.25. The molecule has 0 radical (unpaired) electrons. The van der Waals surface area contributed by atoms with E-state index in [9.17, 15) is 14.4 Å². The van der Waals surface area contributed by atoms with Gasteiger partial charge in [0.15, 0.2) is 0 Å². The lowest BCUT2D eigenvalue weighted by Gasteiger charge is -2.33. The van der Waals surface area contributed by atoms with E-state index in [1.54, 1.807) is 24.0 Å². The van der Waals surface area contributed by atoms with E-state index in [1.807, 2.05) is 13.8 Å². The van der Waals surface area contributed by atoms with E-state index < -0.39 is 5.97 Å². The van der Waals surface area contributed by atoms with Crippen LogP contribution in [0, 0.1) is 18.8 Å². The molecule has 6 nitrogen and oxygen atoms in total. The lowest BCUT2D eigenvalue weighted by atomic mass is 9.95. The standard InChI is InChI=1S/C19H26N2O4/c1-4-12(2)18(23)21-9-5-6-14(11-21)17(22)20-15-7-8-16(19(24)25)13(3)10-15/h7-8,10,12,14H,4-6,9,11H2,1-3H3,(H,20,22)(H,24,25). The number of aromatic carboxylic acids is 1. The van der Waals surface area contributed by atoms with Crippen LogP contribution in [-0.4, -0.2) is 40.9 Å². The first-order chi connectivity index (χ1) is 11.8. The molecule has 1 aromatic carbocycles. The number of benzene rings is 1. The highest BCUT2D eigenvalue weighted by molar-refractivity contribution is 5.95. The van der Waals surface area contributed by atoms with E-state index >= 15 is 0 Å². The molecule has 2 rings (SSSR count). The second kappa shape index (κ2) is 8.14. The predicted molar refractivity (Wildman–Crippen MR) is 95.5 cm³/mol. The van der Waals surface area contributed by atoms with Crippen molar-refractivity contribution < 1.29 is 19.5 Å². The molecular formula is C19H26N2O4. The van der Waals surface area contributed by atoms with Crippen LogP contribution in [-0.2, 0) is 9.59 Å². The van der Waals surface area contributed by atoms with Crippen molar-refractivity contribution in [3.8, 4) is 0 Å². The number of amides is 2. The third kappa shape index (κ3) is 4.59. The van der Waals surface area contributed by atoms with Gasteiger partial charge in [-0.3, -0.25) is 9.59 Å². The SMILES string of the molecule is CCC(C)C(=O)N1CCCC(C(=O)Nc2ccc(C(=O)O)c(C)c2)C1. The van der Waals surface area contributed by atoms with Crippen molar-refractivity contribution in [2.24, 2.45) is 11.8 Å². The van der Waals surface area contributed by atoms with Crippen molar-refractivity contribution in [1.29, 1.82) is 0 Å². The van der Waals surface area contributed by atoms with E-state index in [0.29, 0.717) is 24.3 Å². The number of aryl methyl sites for hydroxylation is 1. The van der Waals surface area contributed by atoms with E-state index in [4.69, 9.17) is 5.11 Å². The minimum Gasteiger partial charge on any atom is -0.478 e. The third-order valence-corrected chi connectivity index (χ3v) is 4.86. The molecule has 0 aliphatic carbocycles. The number of carboxylic acids is 1. The maximum atomic E-state index is 12.5. The number of carbonyl (C=O) groups excluding carboxylic acids is 2. The van der Waals surface area contributed by atoms with Gasteiger partial charge < -0.3 is 15.3 Å². The number of hydrogen-bond acceptors (Lipinski definition) is 3. The fourth-order valence-corrected chi connectivity index (χ4v) is 3.10. The van der Waals surface area contributed by atoms with Gasteiger partial charge in [0.25, 0.3) is 0 Å². The summed E-state index contributed by atoms with van der Waals surface area (Å²) in [5, 5.41) is 11.9. The predicted octanol–water partition coefficient (Wildman–Crippen LogP) is 2.92. The van der Waals surface area contributed by atoms with Gasteiger partial charge in [-0.25, -0.2) is 4.79 Å². The van der Waals surface area contributed by atoms with E-state index in [-0.39, 0.29) is 29.2 Å². The number of anilines is 1. The highest BCUT2D eigenvalue weighted by atomic mass is 16.4. The van der Waals surface area contributed by atoms with E-state index in [1.165, 1.54) is 6.07 Å².